The maximum absolute atomic E-state index is 12.9. The monoisotopic (exact) mass is 336 g/mol. The molecule has 1 aliphatic carbocycles. The molecular weight excluding hydrogens is 308 g/mol. The Morgan fingerprint density at radius 1 is 1.38 bits per heavy atom. The van der Waals surface area contributed by atoms with Crippen molar-refractivity contribution >= 4 is 12.0 Å². The van der Waals surface area contributed by atoms with Gasteiger partial charge in [-0.1, -0.05) is 19.8 Å². The molecule has 2 rings (SSSR count). The van der Waals surface area contributed by atoms with Crippen LogP contribution in [0.15, 0.2) is 22.8 Å². The van der Waals surface area contributed by atoms with E-state index in [1.807, 2.05) is 6.92 Å². The number of amides is 2. The summed E-state index contributed by atoms with van der Waals surface area (Å²) in [6, 6.07) is 3.58. The number of hydrogen-bond acceptors (Lipinski definition) is 4. The number of rotatable bonds is 4. The van der Waals surface area contributed by atoms with Crippen molar-refractivity contribution in [3.63, 3.8) is 0 Å². The molecule has 6 heteroatoms. The van der Waals surface area contributed by atoms with Gasteiger partial charge in [0.15, 0.2) is 0 Å². The highest BCUT2D eigenvalue weighted by Crippen LogP contribution is 2.34. The maximum atomic E-state index is 12.9. The second-order valence-electron chi connectivity index (χ2n) is 7.51. The summed E-state index contributed by atoms with van der Waals surface area (Å²) in [5.41, 5.74) is -1.54. The van der Waals surface area contributed by atoms with E-state index in [1.165, 1.54) is 0 Å². The number of carbonyl (C=O) groups excluding carboxylic acids is 2. The fourth-order valence-electron chi connectivity index (χ4n) is 3.15. The van der Waals surface area contributed by atoms with E-state index >= 15 is 0 Å². The SMILES string of the molecule is C[C@@H]1CCCC[C@@]1(NC(=O)OC(C)(C)C)C(=O)NCc1ccco1. The van der Waals surface area contributed by atoms with Gasteiger partial charge in [-0.05, 0) is 51.7 Å². The van der Waals surface area contributed by atoms with Gasteiger partial charge in [-0.15, -0.1) is 0 Å². The Labute approximate surface area is 143 Å². The molecule has 6 nitrogen and oxygen atoms in total. The Hall–Kier alpha value is -1.98. The molecular formula is C18H28N2O4. The molecule has 1 aromatic rings. The third-order valence-electron chi connectivity index (χ3n) is 4.43. The van der Waals surface area contributed by atoms with E-state index in [-0.39, 0.29) is 11.8 Å². The van der Waals surface area contributed by atoms with E-state index in [4.69, 9.17) is 9.15 Å². The second kappa shape index (κ2) is 7.28. The van der Waals surface area contributed by atoms with Crippen molar-refractivity contribution < 1.29 is 18.7 Å². The van der Waals surface area contributed by atoms with Crippen molar-refractivity contribution in [2.75, 3.05) is 0 Å². The Bertz CT molecular complexity index is 562. The van der Waals surface area contributed by atoms with Gasteiger partial charge >= 0.3 is 6.09 Å². The molecule has 1 saturated carbocycles. The summed E-state index contributed by atoms with van der Waals surface area (Å²) in [7, 11) is 0. The summed E-state index contributed by atoms with van der Waals surface area (Å²) in [5, 5.41) is 5.76. The molecule has 0 unspecified atom stereocenters. The normalized spacial score (nSPS) is 24.2. The van der Waals surface area contributed by atoms with E-state index in [2.05, 4.69) is 10.6 Å². The quantitative estimate of drug-likeness (QED) is 0.883. The first-order valence-electron chi connectivity index (χ1n) is 8.55. The molecule has 0 bridgehead atoms. The average molecular weight is 336 g/mol. The minimum atomic E-state index is -0.937. The predicted octanol–water partition coefficient (Wildman–Crippen LogP) is 3.37. The second-order valence-corrected chi connectivity index (χ2v) is 7.51. The zero-order valence-corrected chi connectivity index (χ0v) is 15.0. The highest BCUT2D eigenvalue weighted by atomic mass is 16.6. The van der Waals surface area contributed by atoms with Crippen LogP contribution in [0.4, 0.5) is 4.79 Å². The lowest BCUT2D eigenvalue weighted by atomic mass is 9.73. The minimum Gasteiger partial charge on any atom is -0.467 e. The van der Waals surface area contributed by atoms with Crippen LogP contribution in [0.3, 0.4) is 0 Å². The minimum absolute atomic E-state index is 0.0374. The number of alkyl carbamates (subject to hydrolysis) is 1. The van der Waals surface area contributed by atoms with Gasteiger partial charge in [0, 0.05) is 0 Å². The first kappa shape index (κ1) is 18.4. The zero-order valence-electron chi connectivity index (χ0n) is 15.0. The largest absolute Gasteiger partial charge is 0.467 e. The van der Waals surface area contributed by atoms with Gasteiger partial charge in [-0.2, -0.15) is 0 Å². The van der Waals surface area contributed by atoms with E-state index in [0.717, 1.165) is 19.3 Å². The van der Waals surface area contributed by atoms with Gasteiger partial charge in [0.2, 0.25) is 5.91 Å². The molecule has 0 spiro atoms. The van der Waals surface area contributed by atoms with E-state index < -0.39 is 17.2 Å². The highest BCUT2D eigenvalue weighted by molar-refractivity contribution is 5.90. The van der Waals surface area contributed by atoms with Crippen LogP contribution in [0, 0.1) is 5.92 Å². The van der Waals surface area contributed by atoms with Gasteiger partial charge in [0.1, 0.15) is 16.9 Å². The molecule has 2 atom stereocenters. The van der Waals surface area contributed by atoms with Crippen molar-refractivity contribution in [1.82, 2.24) is 10.6 Å². The Morgan fingerprint density at radius 2 is 2.12 bits per heavy atom. The van der Waals surface area contributed by atoms with E-state index in [0.29, 0.717) is 18.7 Å². The fraction of sp³-hybridized carbons (Fsp3) is 0.667. The van der Waals surface area contributed by atoms with Crippen LogP contribution in [0.5, 0.6) is 0 Å². The lowest BCUT2D eigenvalue weighted by Crippen LogP contribution is -2.63. The van der Waals surface area contributed by atoms with Crippen molar-refractivity contribution in [3.05, 3.63) is 24.2 Å². The van der Waals surface area contributed by atoms with Crippen LogP contribution in [-0.4, -0.2) is 23.1 Å². The molecule has 1 aromatic heterocycles. The van der Waals surface area contributed by atoms with Crippen LogP contribution in [0.1, 0.15) is 59.1 Å². The van der Waals surface area contributed by atoms with Gasteiger partial charge in [-0.25, -0.2) is 4.79 Å². The fourth-order valence-corrected chi connectivity index (χ4v) is 3.15. The highest BCUT2D eigenvalue weighted by Gasteiger charge is 2.46. The molecule has 1 fully saturated rings. The van der Waals surface area contributed by atoms with Crippen LogP contribution in [0.25, 0.3) is 0 Å². The topological polar surface area (TPSA) is 80.6 Å². The molecule has 0 aromatic carbocycles. The maximum Gasteiger partial charge on any atom is 0.408 e. The first-order valence-corrected chi connectivity index (χ1v) is 8.55. The summed E-state index contributed by atoms with van der Waals surface area (Å²) in [6.45, 7) is 7.72. The molecule has 24 heavy (non-hydrogen) atoms. The molecule has 134 valence electrons. The molecule has 1 heterocycles. The lowest BCUT2D eigenvalue weighted by Gasteiger charge is -2.41. The summed E-state index contributed by atoms with van der Waals surface area (Å²) in [4.78, 5) is 25.2. The van der Waals surface area contributed by atoms with E-state index in [1.54, 1.807) is 39.2 Å². The Balaban J connectivity index is 2.10. The van der Waals surface area contributed by atoms with Gasteiger partial charge < -0.3 is 19.8 Å². The summed E-state index contributed by atoms with van der Waals surface area (Å²) < 4.78 is 10.6. The van der Waals surface area contributed by atoms with Crippen LogP contribution in [-0.2, 0) is 16.1 Å². The van der Waals surface area contributed by atoms with E-state index in [9.17, 15) is 9.59 Å². The molecule has 2 N–H and O–H groups in total. The number of carbonyl (C=O) groups is 2. The van der Waals surface area contributed by atoms with Gasteiger partial charge in [0.05, 0.1) is 12.8 Å². The van der Waals surface area contributed by atoms with Gasteiger partial charge in [0.25, 0.3) is 0 Å². The van der Waals surface area contributed by atoms with Crippen molar-refractivity contribution in [1.29, 1.82) is 0 Å². The third kappa shape index (κ3) is 4.52. The standard InChI is InChI=1S/C18H28N2O4/c1-13-8-5-6-10-18(13,20-16(22)24-17(2,3)4)15(21)19-12-14-9-7-11-23-14/h7,9,11,13H,5-6,8,10,12H2,1-4H3,(H,19,21)(H,20,22)/t13-,18+/m1/s1. The Kier molecular flexibility index (Phi) is 5.57. The molecule has 0 saturated heterocycles. The third-order valence-corrected chi connectivity index (χ3v) is 4.43. The number of nitrogens with one attached hydrogen (secondary N) is 2. The number of hydrogen-bond donors (Lipinski definition) is 2. The van der Waals surface area contributed by atoms with Crippen LogP contribution < -0.4 is 10.6 Å². The first-order chi connectivity index (χ1) is 11.2. The zero-order chi connectivity index (χ0) is 17.8. The summed E-state index contributed by atoms with van der Waals surface area (Å²) in [5.74, 6) is 0.534. The van der Waals surface area contributed by atoms with Crippen molar-refractivity contribution in [2.24, 2.45) is 5.92 Å². The molecule has 1 aliphatic rings. The van der Waals surface area contributed by atoms with Crippen LogP contribution in [0.2, 0.25) is 0 Å². The summed E-state index contributed by atoms with van der Waals surface area (Å²) in [6.07, 6.45) is 4.48. The number of furan rings is 1. The number of ether oxygens (including phenoxy) is 1. The smallest absolute Gasteiger partial charge is 0.408 e. The van der Waals surface area contributed by atoms with Crippen LogP contribution >= 0.6 is 0 Å². The molecule has 2 amide bonds. The summed E-state index contributed by atoms with van der Waals surface area (Å²) >= 11 is 0. The van der Waals surface area contributed by atoms with Gasteiger partial charge in [-0.3, -0.25) is 4.79 Å². The average Bonchev–Trinajstić information content (AvgIpc) is 2.98. The predicted molar refractivity (Wildman–Crippen MR) is 90.3 cm³/mol. The molecule has 0 radical (unpaired) electrons. The molecule has 0 aliphatic heterocycles. The Morgan fingerprint density at radius 3 is 2.71 bits per heavy atom. The lowest BCUT2D eigenvalue weighted by molar-refractivity contribution is -0.131. The van der Waals surface area contributed by atoms with Crippen molar-refractivity contribution in [3.8, 4) is 0 Å². The van der Waals surface area contributed by atoms with Crippen molar-refractivity contribution in [2.45, 2.75) is 71.1 Å².